The first-order chi connectivity index (χ1) is 18.6. The fraction of sp³-hybridized carbons (Fsp3) is 0.259. The van der Waals surface area contributed by atoms with Crippen molar-refractivity contribution >= 4 is 39.1 Å². The van der Waals surface area contributed by atoms with Crippen LogP contribution in [0.15, 0.2) is 83.8 Å². The van der Waals surface area contributed by atoms with Crippen LogP contribution in [0.25, 0.3) is 0 Å². The van der Waals surface area contributed by atoms with Gasteiger partial charge in [-0.1, -0.05) is 60.1 Å². The van der Waals surface area contributed by atoms with Crippen LogP contribution in [-0.2, 0) is 31.5 Å². The van der Waals surface area contributed by atoms with Gasteiger partial charge in [-0.25, -0.2) is 13.2 Å². The summed E-state index contributed by atoms with van der Waals surface area (Å²) in [6.45, 7) is 4.18. The molecular weight excluding hydrogens is 565 g/mol. The molecule has 1 unspecified atom stereocenters. The van der Waals surface area contributed by atoms with E-state index in [0.29, 0.717) is 5.56 Å². The summed E-state index contributed by atoms with van der Waals surface area (Å²) in [4.78, 5) is 38.6. The molecule has 0 spiro atoms. The van der Waals surface area contributed by atoms with Crippen molar-refractivity contribution in [3.63, 3.8) is 0 Å². The number of hydrogen-bond acceptors (Lipinski definition) is 7. The van der Waals surface area contributed by atoms with Crippen LogP contribution < -0.4 is 10.2 Å². The van der Waals surface area contributed by atoms with Crippen LogP contribution in [-0.4, -0.2) is 36.1 Å². The number of hydrogen-bond donors (Lipinski definition) is 1. The lowest BCUT2D eigenvalue weighted by atomic mass is 9.89. The Hall–Kier alpha value is -4.03. The Labute approximate surface area is 234 Å². The lowest BCUT2D eigenvalue weighted by Crippen LogP contribution is -2.70. The van der Waals surface area contributed by atoms with Crippen LogP contribution in [0, 0.1) is 10.1 Å². The molecule has 4 rings (SSSR count). The third-order valence-electron chi connectivity index (χ3n) is 6.20. The lowest BCUT2D eigenvalue weighted by molar-refractivity contribution is -0.585. The Kier molecular flexibility index (Phi) is 7.37. The van der Waals surface area contributed by atoms with E-state index < -0.39 is 53.5 Å². The first-order valence-electron chi connectivity index (χ1n) is 12.0. The highest BCUT2D eigenvalue weighted by molar-refractivity contribution is 7.92. The smallest absolute Gasteiger partial charge is 0.444 e. The minimum Gasteiger partial charge on any atom is -0.444 e. The van der Waals surface area contributed by atoms with Crippen molar-refractivity contribution in [1.29, 1.82) is 0 Å². The number of nitro groups is 1. The number of ether oxygens (including phenoxy) is 1. The van der Waals surface area contributed by atoms with Crippen LogP contribution >= 0.6 is 11.6 Å². The minimum absolute atomic E-state index is 0.0820. The third kappa shape index (κ3) is 4.66. The largest absolute Gasteiger partial charge is 0.499 e. The van der Waals surface area contributed by atoms with E-state index in [1.165, 1.54) is 51.1 Å². The van der Waals surface area contributed by atoms with Gasteiger partial charge in [0.25, 0.3) is 21.3 Å². The fourth-order valence-electron chi connectivity index (χ4n) is 4.54. The highest BCUT2D eigenvalue weighted by Crippen LogP contribution is 2.53. The number of halogens is 2. The van der Waals surface area contributed by atoms with E-state index in [4.69, 9.17) is 16.3 Å². The highest BCUT2D eigenvalue weighted by Gasteiger charge is 2.81. The van der Waals surface area contributed by atoms with Crippen LogP contribution in [0.3, 0.4) is 0 Å². The van der Waals surface area contributed by atoms with E-state index in [-0.39, 0.29) is 17.3 Å². The van der Waals surface area contributed by atoms with Gasteiger partial charge in [-0.15, -0.1) is 4.39 Å². The van der Waals surface area contributed by atoms with Crippen molar-refractivity contribution < 1.29 is 32.1 Å². The Morgan fingerprint density at radius 3 is 2.20 bits per heavy atom. The van der Waals surface area contributed by atoms with Gasteiger partial charge in [0, 0.05) is 10.6 Å². The molecule has 1 heterocycles. The lowest BCUT2D eigenvalue weighted by Gasteiger charge is -2.35. The van der Waals surface area contributed by atoms with Crippen LogP contribution in [0.2, 0.25) is 5.02 Å². The second-order valence-corrected chi connectivity index (χ2v) is 12.5. The number of amides is 2. The van der Waals surface area contributed by atoms with Gasteiger partial charge in [-0.3, -0.25) is 20.2 Å². The van der Waals surface area contributed by atoms with Crippen LogP contribution in [0.1, 0.15) is 31.9 Å². The van der Waals surface area contributed by atoms with Crippen molar-refractivity contribution in [2.24, 2.45) is 0 Å². The zero-order chi connectivity index (χ0) is 29.5. The molecular formula is C27H25ClFN3O7S. The number of carbonyl (C=O) groups is 2. The molecule has 1 aliphatic heterocycles. The molecule has 0 aliphatic carbocycles. The number of benzene rings is 3. The van der Waals surface area contributed by atoms with Crippen LogP contribution in [0.4, 0.5) is 14.9 Å². The number of alkyl carbamates (subject to hydrolysis) is 1. The molecule has 40 heavy (non-hydrogen) atoms. The monoisotopic (exact) mass is 589 g/mol. The highest BCUT2D eigenvalue weighted by atomic mass is 35.5. The van der Waals surface area contributed by atoms with E-state index in [0.717, 1.165) is 23.1 Å². The summed E-state index contributed by atoms with van der Waals surface area (Å²) < 4.78 is 50.4. The first kappa shape index (κ1) is 29.0. The molecule has 0 radical (unpaired) electrons. The number of nitrogens with one attached hydrogen (secondary N) is 1. The van der Waals surface area contributed by atoms with E-state index in [2.05, 4.69) is 0 Å². The number of sulfone groups is 1. The molecule has 0 saturated carbocycles. The maximum atomic E-state index is 17.5. The number of alkyl halides is 1. The number of carbonyl (C=O) groups excluding carboxylic acids is 2. The predicted molar refractivity (Wildman–Crippen MR) is 145 cm³/mol. The van der Waals surface area contributed by atoms with E-state index in [1.54, 1.807) is 30.3 Å². The quantitative estimate of drug-likeness (QED) is 0.233. The zero-order valence-electron chi connectivity index (χ0n) is 21.6. The normalized spacial score (nSPS) is 18.5. The predicted octanol–water partition coefficient (Wildman–Crippen LogP) is 4.98. The third-order valence-corrected chi connectivity index (χ3v) is 8.49. The van der Waals surface area contributed by atoms with Crippen molar-refractivity contribution in [2.75, 3.05) is 4.90 Å². The molecule has 0 bridgehead atoms. The number of rotatable bonds is 7. The molecule has 1 aliphatic rings. The molecule has 10 nitrogen and oxygen atoms in total. The van der Waals surface area contributed by atoms with Crippen molar-refractivity contribution in [2.45, 2.75) is 48.5 Å². The van der Waals surface area contributed by atoms with Gasteiger partial charge in [0.2, 0.25) is 0 Å². The average Bonchev–Trinajstić information content (AvgIpc) is 3.10. The Balaban J connectivity index is 2.07. The summed E-state index contributed by atoms with van der Waals surface area (Å²) >= 11 is 6.19. The molecule has 0 saturated heterocycles. The van der Waals surface area contributed by atoms with Crippen LogP contribution in [0.5, 0.6) is 0 Å². The summed E-state index contributed by atoms with van der Waals surface area (Å²) in [6.07, 6.45) is -1.46. The maximum Gasteiger partial charge on any atom is 0.499 e. The van der Waals surface area contributed by atoms with Gasteiger partial charge in [0.05, 0.1) is 22.1 Å². The minimum atomic E-state index is -5.64. The van der Waals surface area contributed by atoms with Gasteiger partial charge >= 0.3 is 11.2 Å². The molecule has 0 fully saturated rings. The Bertz CT molecular complexity index is 1580. The SMILES string of the molecule is CC(C)(C)OC(=O)N[C@]1(C(F)([N+](=O)[O-])S(=O)(=O)c2ccccc2)C(=O)N(Cc2ccccc2)c2ccc(Cl)cc21. The Morgan fingerprint density at radius 2 is 1.65 bits per heavy atom. The fourth-order valence-corrected chi connectivity index (χ4v) is 6.39. The van der Waals surface area contributed by atoms with Crippen molar-refractivity contribution in [3.8, 4) is 0 Å². The molecule has 0 aromatic heterocycles. The van der Waals surface area contributed by atoms with E-state index in [9.17, 15) is 28.1 Å². The second kappa shape index (κ2) is 10.2. The maximum absolute atomic E-state index is 17.5. The number of nitrogens with zero attached hydrogens (tertiary/aromatic N) is 2. The summed E-state index contributed by atoms with van der Waals surface area (Å²) in [7, 11) is -5.64. The molecule has 210 valence electrons. The molecule has 2 amide bonds. The van der Waals surface area contributed by atoms with Gasteiger partial charge in [-0.05, 0) is 56.7 Å². The molecule has 3 aromatic carbocycles. The number of fused-ring (bicyclic) bond motifs is 1. The van der Waals surface area contributed by atoms with E-state index >= 15 is 4.39 Å². The molecule has 1 N–H and O–H groups in total. The van der Waals surface area contributed by atoms with Gasteiger partial charge in [0.15, 0.2) is 0 Å². The van der Waals surface area contributed by atoms with Gasteiger partial charge in [-0.2, -0.15) is 0 Å². The zero-order valence-corrected chi connectivity index (χ0v) is 23.2. The first-order valence-corrected chi connectivity index (χ1v) is 13.8. The summed E-state index contributed by atoms with van der Waals surface area (Å²) in [6, 6.07) is 17.9. The number of anilines is 1. The second-order valence-electron chi connectivity index (χ2n) is 10.1. The van der Waals surface area contributed by atoms with Gasteiger partial charge in [0.1, 0.15) is 5.60 Å². The Morgan fingerprint density at radius 1 is 1.07 bits per heavy atom. The summed E-state index contributed by atoms with van der Waals surface area (Å²) in [5.74, 6) is -1.40. The molecule has 13 heteroatoms. The summed E-state index contributed by atoms with van der Waals surface area (Å²) in [5, 5.41) is 9.91. The van der Waals surface area contributed by atoms with Crippen molar-refractivity contribution in [1.82, 2.24) is 5.32 Å². The standard InChI is InChI=1S/C27H25ClFN3O7S/c1-25(2,3)39-24(34)30-26(27(29,32(35)36)40(37,38)20-12-8-5-9-13-20)21-16-19(28)14-15-22(21)31(23(26)33)17-18-10-6-4-7-11-18/h4-16H,17H2,1-3H3,(H,30,34)/t26-,27?/m0/s1. The molecule has 2 atom stereocenters. The topological polar surface area (TPSA) is 136 Å². The summed E-state index contributed by atoms with van der Waals surface area (Å²) in [5.41, 5.74) is -4.70. The van der Waals surface area contributed by atoms with Gasteiger partial charge < -0.3 is 9.64 Å². The van der Waals surface area contributed by atoms with E-state index in [1.807, 2.05) is 5.32 Å². The molecule has 3 aromatic rings. The average molecular weight is 590 g/mol. The van der Waals surface area contributed by atoms with Crippen molar-refractivity contribution in [3.05, 3.63) is 105 Å².